The van der Waals surface area contributed by atoms with E-state index in [4.69, 9.17) is 13.9 Å². The number of aryl methyl sites for hydroxylation is 1. The molecule has 2 N–H and O–H groups in total. The van der Waals surface area contributed by atoms with Crippen LogP contribution in [-0.2, 0) is 0 Å². The number of aromatic nitrogens is 2. The van der Waals surface area contributed by atoms with E-state index in [9.17, 15) is 4.39 Å². The summed E-state index contributed by atoms with van der Waals surface area (Å²) in [5.41, 5.74) is 3.69. The van der Waals surface area contributed by atoms with Gasteiger partial charge in [0, 0.05) is 36.6 Å². The molecule has 1 aliphatic heterocycles. The van der Waals surface area contributed by atoms with Gasteiger partial charge in [0.2, 0.25) is 11.3 Å². The molecule has 4 aromatic rings. The number of halogens is 1. The average molecular weight is 435 g/mol. The summed E-state index contributed by atoms with van der Waals surface area (Å²) < 4.78 is 31.6. The van der Waals surface area contributed by atoms with Gasteiger partial charge in [0.05, 0.1) is 0 Å². The number of H-pyrrole nitrogens is 1. The Bertz CT molecular complexity index is 1270. The Kier molecular flexibility index (Phi) is 4.79. The Morgan fingerprint density at radius 1 is 1.16 bits per heavy atom. The number of aromatic amines is 1. The third-order valence-corrected chi connectivity index (χ3v) is 6.77. The highest BCUT2D eigenvalue weighted by Crippen LogP contribution is 2.40. The van der Waals surface area contributed by atoms with Crippen molar-refractivity contribution in [2.24, 2.45) is 0 Å². The zero-order valence-corrected chi connectivity index (χ0v) is 18.0. The van der Waals surface area contributed by atoms with Crippen molar-refractivity contribution >= 4 is 22.0 Å². The Labute approximate surface area is 185 Å². The predicted molar refractivity (Wildman–Crippen MR) is 120 cm³/mol. The number of hydrogen-bond acceptors (Lipinski definition) is 5. The van der Waals surface area contributed by atoms with Gasteiger partial charge < -0.3 is 24.2 Å². The maximum atomic E-state index is 13.7. The molecule has 2 aromatic carbocycles. The summed E-state index contributed by atoms with van der Waals surface area (Å²) in [6.45, 7) is 3.06. The molecule has 1 aliphatic carbocycles. The summed E-state index contributed by atoms with van der Waals surface area (Å²) in [5.74, 6) is 2.26. The second kappa shape index (κ2) is 7.81. The molecule has 3 heterocycles. The van der Waals surface area contributed by atoms with E-state index >= 15 is 0 Å². The number of fused-ring (bicyclic) bond motifs is 4. The van der Waals surface area contributed by atoms with Crippen molar-refractivity contribution in [2.75, 3.05) is 13.2 Å². The highest BCUT2D eigenvalue weighted by atomic mass is 19.1. The fourth-order valence-electron chi connectivity index (χ4n) is 5.13. The van der Waals surface area contributed by atoms with Crippen LogP contribution in [0, 0.1) is 12.7 Å². The number of nitrogens with zero attached hydrogens (tertiary/aromatic N) is 1. The van der Waals surface area contributed by atoms with Gasteiger partial charge in [-0.2, -0.15) is 0 Å². The Morgan fingerprint density at radius 3 is 2.91 bits per heavy atom. The van der Waals surface area contributed by atoms with Crippen molar-refractivity contribution in [3.63, 3.8) is 0 Å². The zero-order chi connectivity index (χ0) is 21.7. The van der Waals surface area contributed by atoms with Gasteiger partial charge in [0.25, 0.3) is 0 Å². The molecule has 2 aliphatic rings. The summed E-state index contributed by atoms with van der Waals surface area (Å²) in [6.07, 6.45) is 6.32. The van der Waals surface area contributed by atoms with E-state index in [-0.39, 0.29) is 11.9 Å². The van der Waals surface area contributed by atoms with Crippen LogP contribution in [0.3, 0.4) is 0 Å². The Morgan fingerprint density at radius 2 is 2.03 bits per heavy atom. The zero-order valence-electron chi connectivity index (χ0n) is 18.0. The molecular formula is C25H26FN3O3. The van der Waals surface area contributed by atoms with Crippen molar-refractivity contribution in [3.05, 3.63) is 53.8 Å². The molecule has 1 saturated carbocycles. The second-order valence-electron chi connectivity index (χ2n) is 8.92. The minimum absolute atomic E-state index is 0.0761. The lowest BCUT2D eigenvalue weighted by atomic mass is 9.81. The number of nitrogens with one attached hydrogen (secondary N) is 2. The molecule has 6 rings (SSSR count). The number of rotatable bonds is 4. The summed E-state index contributed by atoms with van der Waals surface area (Å²) in [7, 11) is 0. The molecule has 0 radical (unpaired) electrons. The monoisotopic (exact) mass is 435 g/mol. The smallest absolute Gasteiger partial charge is 0.207 e. The Balaban J connectivity index is 1.07. The van der Waals surface area contributed by atoms with E-state index in [0.717, 1.165) is 48.6 Å². The molecule has 6 nitrogen and oxygen atoms in total. The van der Waals surface area contributed by atoms with Crippen LogP contribution in [0.1, 0.15) is 43.1 Å². The molecular weight excluding hydrogens is 409 g/mol. The third kappa shape index (κ3) is 3.50. The van der Waals surface area contributed by atoms with Gasteiger partial charge >= 0.3 is 0 Å². The molecule has 0 spiro atoms. The first-order valence-corrected chi connectivity index (χ1v) is 11.3. The van der Waals surface area contributed by atoms with Crippen LogP contribution >= 0.6 is 0 Å². The maximum Gasteiger partial charge on any atom is 0.207 e. The van der Waals surface area contributed by atoms with Gasteiger partial charge in [-0.25, -0.2) is 9.37 Å². The van der Waals surface area contributed by atoms with Gasteiger partial charge in [0.1, 0.15) is 24.0 Å². The molecule has 1 atom stereocenters. The molecule has 0 bridgehead atoms. The molecule has 0 unspecified atom stereocenters. The summed E-state index contributed by atoms with van der Waals surface area (Å²) >= 11 is 0. The van der Waals surface area contributed by atoms with Gasteiger partial charge in [-0.3, -0.25) is 0 Å². The Hall–Kier alpha value is -3.06. The SMILES string of the molecule is Cc1nc2ccc3c(c2o1)O[C@@H](CNC1CCC(c2c[nH]c4ccc(F)cc24)CC1)CO3. The number of hydrogen-bond donors (Lipinski definition) is 2. The van der Waals surface area contributed by atoms with Crippen LogP contribution in [0.25, 0.3) is 22.0 Å². The predicted octanol–water partition coefficient (Wildman–Crippen LogP) is 5.21. The maximum absolute atomic E-state index is 13.7. The first kappa shape index (κ1) is 19.6. The second-order valence-corrected chi connectivity index (χ2v) is 8.92. The fourth-order valence-corrected chi connectivity index (χ4v) is 5.13. The van der Waals surface area contributed by atoms with Gasteiger partial charge in [-0.15, -0.1) is 0 Å². The normalized spacial score (nSPS) is 23.1. The van der Waals surface area contributed by atoms with Crippen LogP contribution in [0.2, 0.25) is 0 Å². The number of oxazole rings is 1. The summed E-state index contributed by atoms with van der Waals surface area (Å²) in [5, 5.41) is 4.68. The minimum atomic E-state index is -0.178. The fraction of sp³-hybridized carbons (Fsp3) is 0.400. The number of ether oxygens (including phenoxy) is 2. The molecule has 2 aromatic heterocycles. The van der Waals surface area contributed by atoms with Crippen molar-refractivity contribution in [3.8, 4) is 11.5 Å². The average Bonchev–Trinajstić information content (AvgIpc) is 3.40. The van der Waals surface area contributed by atoms with Crippen LogP contribution in [0.4, 0.5) is 4.39 Å². The number of benzene rings is 2. The van der Waals surface area contributed by atoms with Crippen molar-refractivity contribution in [1.29, 1.82) is 0 Å². The van der Waals surface area contributed by atoms with E-state index in [1.54, 1.807) is 6.07 Å². The van der Waals surface area contributed by atoms with Gasteiger partial charge in [-0.1, -0.05) is 0 Å². The molecule has 0 amide bonds. The summed E-state index contributed by atoms with van der Waals surface area (Å²) in [4.78, 5) is 7.67. The van der Waals surface area contributed by atoms with Gasteiger partial charge in [-0.05, 0) is 67.5 Å². The van der Waals surface area contributed by atoms with Crippen LogP contribution in [0.5, 0.6) is 11.5 Å². The molecule has 0 saturated heterocycles. The van der Waals surface area contributed by atoms with Crippen molar-refractivity contribution < 1.29 is 18.3 Å². The van der Waals surface area contributed by atoms with Crippen LogP contribution in [0.15, 0.2) is 40.9 Å². The topological polar surface area (TPSA) is 72.3 Å². The third-order valence-electron chi connectivity index (χ3n) is 6.77. The summed E-state index contributed by atoms with van der Waals surface area (Å²) in [6, 6.07) is 9.21. The molecule has 32 heavy (non-hydrogen) atoms. The van der Waals surface area contributed by atoms with Crippen molar-refractivity contribution in [2.45, 2.75) is 50.7 Å². The molecule has 1 fully saturated rings. The highest BCUT2D eigenvalue weighted by molar-refractivity contribution is 5.84. The largest absolute Gasteiger partial charge is 0.486 e. The highest BCUT2D eigenvalue weighted by Gasteiger charge is 2.28. The first-order valence-electron chi connectivity index (χ1n) is 11.3. The van der Waals surface area contributed by atoms with E-state index in [1.165, 1.54) is 11.6 Å². The van der Waals surface area contributed by atoms with Crippen LogP contribution in [-0.4, -0.2) is 35.3 Å². The lowest BCUT2D eigenvalue weighted by molar-refractivity contribution is 0.0872. The first-order chi connectivity index (χ1) is 15.6. The lowest BCUT2D eigenvalue weighted by Crippen LogP contribution is -2.43. The quantitative estimate of drug-likeness (QED) is 0.460. The van der Waals surface area contributed by atoms with Crippen molar-refractivity contribution in [1.82, 2.24) is 15.3 Å². The van der Waals surface area contributed by atoms with Crippen LogP contribution < -0.4 is 14.8 Å². The standard InChI is InChI=1S/C25H26FN3O3/c1-14-29-22-8-9-23-25(24(22)31-14)32-18(13-30-23)11-27-17-5-2-15(3-6-17)20-12-28-21-7-4-16(26)10-19(20)21/h4,7-10,12,15,17-18,27-28H,2-3,5-6,11,13H2,1H3/t15?,17?,18-/m0/s1. The van der Waals surface area contributed by atoms with E-state index in [1.807, 2.05) is 25.1 Å². The van der Waals surface area contributed by atoms with E-state index in [0.29, 0.717) is 41.5 Å². The molecule has 166 valence electrons. The van der Waals surface area contributed by atoms with E-state index < -0.39 is 0 Å². The minimum Gasteiger partial charge on any atom is -0.486 e. The lowest BCUT2D eigenvalue weighted by Gasteiger charge is -2.32. The van der Waals surface area contributed by atoms with Gasteiger partial charge in [0.15, 0.2) is 11.6 Å². The molecule has 7 heteroatoms. The van der Waals surface area contributed by atoms with E-state index in [2.05, 4.69) is 21.5 Å².